The third-order valence-corrected chi connectivity index (χ3v) is 2.32. The summed E-state index contributed by atoms with van der Waals surface area (Å²) >= 11 is 0. The summed E-state index contributed by atoms with van der Waals surface area (Å²) in [6, 6.07) is 1.68. The molecule has 2 aromatic rings. The Balaban J connectivity index is 2.40. The minimum atomic E-state index is 0.479. The Hall–Kier alpha value is -1.91. The molecular weight excluding hydrogens is 202 g/mol. The summed E-state index contributed by atoms with van der Waals surface area (Å²) in [6.45, 7) is 4.98. The van der Waals surface area contributed by atoms with Crippen molar-refractivity contribution in [3.63, 3.8) is 0 Å². The van der Waals surface area contributed by atoms with E-state index in [2.05, 4.69) is 22.0 Å². The first-order valence-corrected chi connectivity index (χ1v) is 5.33. The first-order valence-electron chi connectivity index (χ1n) is 5.33. The highest BCUT2D eigenvalue weighted by molar-refractivity contribution is 5.58. The number of hydrogen-bond acceptors (Lipinski definition) is 4. The van der Waals surface area contributed by atoms with E-state index >= 15 is 0 Å². The van der Waals surface area contributed by atoms with Crippen LogP contribution in [0.15, 0.2) is 18.5 Å². The van der Waals surface area contributed by atoms with Gasteiger partial charge in [0.15, 0.2) is 5.82 Å². The van der Waals surface area contributed by atoms with Gasteiger partial charge in [-0.3, -0.25) is 4.68 Å². The van der Waals surface area contributed by atoms with Crippen LogP contribution in [0.3, 0.4) is 0 Å². The molecule has 0 aromatic carbocycles. The predicted molar refractivity (Wildman–Crippen MR) is 62.7 cm³/mol. The molecule has 84 valence electrons. The second kappa shape index (κ2) is 4.30. The molecule has 0 fully saturated rings. The normalized spacial score (nSPS) is 10.6. The molecule has 16 heavy (non-hydrogen) atoms. The van der Waals surface area contributed by atoms with Gasteiger partial charge >= 0.3 is 0 Å². The van der Waals surface area contributed by atoms with Gasteiger partial charge in [-0.05, 0) is 19.4 Å². The number of aryl methyl sites for hydroxylation is 2. The first kappa shape index (κ1) is 10.6. The Morgan fingerprint density at radius 1 is 1.44 bits per heavy atom. The highest BCUT2D eigenvalue weighted by atomic mass is 15.3. The fourth-order valence-electron chi connectivity index (χ4n) is 1.58. The van der Waals surface area contributed by atoms with Crippen LogP contribution in [0.5, 0.6) is 0 Å². The van der Waals surface area contributed by atoms with Crippen LogP contribution in [0.2, 0.25) is 0 Å². The van der Waals surface area contributed by atoms with Gasteiger partial charge in [0.1, 0.15) is 5.82 Å². The van der Waals surface area contributed by atoms with E-state index in [1.54, 1.807) is 12.3 Å². The van der Waals surface area contributed by atoms with Gasteiger partial charge in [0.05, 0.1) is 11.3 Å². The van der Waals surface area contributed by atoms with E-state index in [1.807, 2.05) is 17.8 Å². The Kier molecular flexibility index (Phi) is 2.85. The molecule has 0 radical (unpaired) electrons. The van der Waals surface area contributed by atoms with Crippen LogP contribution >= 0.6 is 0 Å². The topological polar surface area (TPSA) is 69.6 Å². The van der Waals surface area contributed by atoms with Crippen LogP contribution in [0, 0.1) is 6.92 Å². The Morgan fingerprint density at radius 2 is 2.25 bits per heavy atom. The number of aromatic nitrogens is 4. The maximum Gasteiger partial charge on any atom is 0.164 e. The Labute approximate surface area is 94.3 Å². The molecule has 0 aliphatic carbocycles. The summed E-state index contributed by atoms with van der Waals surface area (Å²) in [4.78, 5) is 8.39. The van der Waals surface area contributed by atoms with Crippen LogP contribution in [0.4, 0.5) is 5.82 Å². The highest BCUT2D eigenvalue weighted by Crippen LogP contribution is 2.18. The van der Waals surface area contributed by atoms with Gasteiger partial charge in [0.25, 0.3) is 0 Å². The largest absolute Gasteiger partial charge is 0.384 e. The van der Waals surface area contributed by atoms with Gasteiger partial charge in [-0.2, -0.15) is 5.10 Å². The molecule has 0 aliphatic rings. The number of nitrogens with two attached hydrogens (primary N) is 1. The van der Waals surface area contributed by atoms with Gasteiger partial charge < -0.3 is 5.73 Å². The minimum absolute atomic E-state index is 0.479. The van der Waals surface area contributed by atoms with Gasteiger partial charge in [0, 0.05) is 18.9 Å². The molecule has 2 heterocycles. The quantitative estimate of drug-likeness (QED) is 0.848. The molecule has 0 bridgehead atoms. The fourth-order valence-corrected chi connectivity index (χ4v) is 1.58. The molecule has 5 heteroatoms. The maximum absolute atomic E-state index is 5.63. The van der Waals surface area contributed by atoms with Gasteiger partial charge in [0.2, 0.25) is 0 Å². The molecule has 0 atom stereocenters. The van der Waals surface area contributed by atoms with Crippen molar-refractivity contribution in [2.75, 3.05) is 5.73 Å². The fraction of sp³-hybridized carbons (Fsp3) is 0.364. The predicted octanol–water partition coefficient (Wildman–Crippen LogP) is 1.64. The maximum atomic E-state index is 5.63. The molecule has 0 amide bonds. The number of nitrogen functional groups attached to an aromatic ring is 1. The molecule has 0 aliphatic heterocycles. The number of hydrogen-bond donors (Lipinski definition) is 1. The second-order valence-corrected chi connectivity index (χ2v) is 3.70. The highest BCUT2D eigenvalue weighted by Gasteiger charge is 2.09. The smallest absolute Gasteiger partial charge is 0.164 e. The van der Waals surface area contributed by atoms with E-state index < -0.39 is 0 Å². The average molecular weight is 217 g/mol. The SMILES string of the molecule is CCCn1cc(-c2nccc(N)n2)c(C)n1. The van der Waals surface area contributed by atoms with Crippen LogP contribution in [-0.2, 0) is 6.54 Å². The second-order valence-electron chi connectivity index (χ2n) is 3.70. The first-order chi connectivity index (χ1) is 7.70. The van der Waals surface area contributed by atoms with Crippen molar-refractivity contribution < 1.29 is 0 Å². The van der Waals surface area contributed by atoms with Gasteiger partial charge in [-0.25, -0.2) is 9.97 Å². The third kappa shape index (κ3) is 2.03. The minimum Gasteiger partial charge on any atom is -0.384 e. The third-order valence-electron chi connectivity index (χ3n) is 2.32. The molecule has 2 N–H and O–H groups in total. The summed E-state index contributed by atoms with van der Waals surface area (Å²) in [6.07, 6.45) is 4.68. The van der Waals surface area contributed by atoms with E-state index in [4.69, 9.17) is 5.73 Å². The zero-order valence-electron chi connectivity index (χ0n) is 9.51. The van der Waals surface area contributed by atoms with Crippen LogP contribution in [0.1, 0.15) is 19.0 Å². The van der Waals surface area contributed by atoms with E-state index in [9.17, 15) is 0 Å². The van der Waals surface area contributed by atoms with E-state index in [-0.39, 0.29) is 0 Å². The van der Waals surface area contributed by atoms with Crippen molar-refractivity contribution in [2.45, 2.75) is 26.8 Å². The molecule has 0 spiro atoms. The van der Waals surface area contributed by atoms with Crippen molar-refractivity contribution >= 4 is 5.82 Å². The molecule has 5 nitrogen and oxygen atoms in total. The Morgan fingerprint density at radius 3 is 2.94 bits per heavy atom. The van der Waals surface area contributed by atoms with Crippen molar-refractivity contribution in [2.24, 2.45) is 0 Å². The molecule has 0 saturated carbocycles. The van der Waals surface area contributed by atoms with Gasteiger partial charge in [-0.15, -0.1) is 0 Å². The lowest BCUT2D eigenvalue weighted by Crippen LogP contribution is -1.96. The van der Waals surface area contributed by atoms with Crippen molar-refractivity contribution in [1.82, 2.24) is 19.7 Å². The molecule has 2 rings (SSSR count). The lowest BCUT2D eigenvalue weighted by molar-refractivity contribution is 0.598. The molecule has 2 aromatic heterocycles. The van der Waals surface area contributed by atoms with Crippen molar-refractivity contribution in [3.8, 4) is 11.4 Å². The average Bonchev–Trinajstić information content (AvgIpc) is 2.60. The van der Waals surface area contributed by atoms with Crippen LogP contribution in [0.25, 0.3) is 11.4 Å². The van der Waals surface area contributed by atoms with Crippen LogP contribution in [-0.4, -0.2) is 19.7 Å². The number of anilines is 1. The molecule has 0 saturated heterocycles. The van der Waals surface area contributed by atoms with E-state index in [0.717, 1.165) is 24.2 Å². The lowest BCUT2D eigenvalue weighted by atomic mass is 10.2. The standard InChI is InChI=1S/C11H15N5/c1-3-6-16-7-9(8(2)15-16)11-13-5-4-10(12)14-11/h4-5,7H,3,6H2,1-2H3,(H2,12,13,14). The zero-order chi connectivity index (χ0) is 11.5. The number of rotatable bonds is 3. The van der Waals surface area contributed by atoms with Crippen molar-refractivity contribution in [3.05, 3.63) is 24.2 Å². The van der Waals surface area contributed by atoms with E-state index in [0.29, 0.717) is 11.6 Å². The zero-order valence-corrected chi connectivity index (χ0v) is 9.51. The van der Waals surface area contributed by atoms with Crippen molar-refractivity contribution in [1.29, 1.82) is 0 Å². The summed E-state index contributed by atoms with van der Waals surface area (Å²) in [5.74, 6) is 1.12. The Bertz CT molecular complexity index is 489. The monoisotopic (exact) mass is 217 g/mol. The summed E-state index contributed by atoms with van der Waals surface area (Å²) < 4.78 is 1.91. The molecular formula is C11H15N5. The van der Waals surface area contributed by atoms with E-state index in [1.165, 1.54) is 0 Å². The summed E-state index contributed by atoms with van der Waals surface area (Å²) in [7, 11) is 0. The molecule has 0 unspecified atom stereocenters. The summed E-state index contributed by atoms with van der Waals surface area (Å²) in [5, 5.41) is 4.40. The number of nitrogens with zero attached hydrogens (tertiary/aromatic N) is 4. The van der Waals surface area contributed by atoms with Crippen LogP contribution < -0.4 is 5.73 Å². The van der Waals surface area contributed by atoms with Gasteiger partial charge in [-0.1, -0.05) is 6.92 Å². The lowest BCUT2D eigenvalue weighted by Gasteiger charge is -1.97. The summed E-state index contributed by atoms with van der Waals surface area (Å²) in [5.41, 5.74) is 7.51.